The van der Waals surface area contributed by atoms with E-state index < -0.39 is 5.97 Å². The summed E-state index contributed by atoms with van der Waals surface area (Å²) in [5, 5.41) is 13.9. The quantitative estimate of drug-likeness (QED) is 0.617. The van der Waals surface area contributed by atoms with E-state index in [4.69, 9.17) is 9.84 Å². The molecule has 0 bridgehead atoms. The number of ether oxygens (including phenoxy) is 1. The third-order valence-electron chi connectivity index (χ3n) is 3.74. The summed E-state index contributed by atoms with van der Waals surface area (Å²) in [6.45, 7) is 3.91. The molecule has 7 heteroatoms. The molecule has 0 saturated carbocycles. The zero-order chi connectivity index (χ0) is 20.5. The number of carboxylic acid groups (broad SMARTS) is 1. The molecule has 2 rings (SSSR count). The van der Waals surface area contributed by atoms with Gasteiger partial charge in [-0.1, -0.05) is 18.2 Å². The molecule has 148 valence electrons. The Kier molecular flexibility index (Phi) is 7.56. The number of amides is 2. The number of nitrogens with one attached hydrogen (secondary N) is 2. The highest BCUT2D eigenvalue weighted by Crippen LogP contribution is 2.20. The standard InChI is InChI=1S/C21H24N2O5/c1-14(2)28-18-6-4-3-5-16(18)13-19(24)23-17-9-7-15(8-10-17)21(27)22-12-11-20(25)26/h3-10,14H,11-13H2,1-2H3,(H,22,27)(H,23,24)(H,25,26). The van der Waals surface area contributed by atoms with Crippen molar-refractivity contribution in [2.75, 3.05) is 11.9 Å². The predicted molar refractivity (Wildman–Crippen MR) is 106 cm³/mol. The fraction of sp³-hybridized carbons (Fsp3) is 0.286. The average molecular weight is 384 g/mol. The van der Waals surface area contributed by atoms with Gasteiger partial charge >= 0.3 is 5.97 Å². The number of carbonyl (C=O) groups is 3. The van der Waals surface area contributed by atoms with Crippen LogP contribution < -0.4 is 15.4 Å². The Balaban J connectivity index is 1.93. The van der Waals surface area contributed by atoms with Crippen LogP contribution in [0.4, 0.5) is 5.69 Å². The van der Waals surface area contributed by atoms with Gasteiger partial charge in [0.25, 0.3) is 5.91 Å². The molecule has 2 aromatic carbocycles. The molecule has 28 heavy (non-hydrogen) atoms. The summed E-state index contributed by atoms with van der Waals surface area (Å²) in [6, 6.07) is 13.8. The second kappa shape index (κ2) is 10.1. The number of rotatable bonds is 9. The van der Waals surface area contributed by atoms with Crippen molar-refractivity contribution in [3.05, 3.63) is 59.7 Å². The highest BCUT2D eigenvalue weighted by atomic mass is 16.5. The molecule has 0 aliphatic carbocycles. The van der Waals surface area contributed by atoms with Crippen LogP contribution in [0.5, 0.6) is 5.75 Å². The summed E-state index contributed by atoms with van der Waals surface area (Å²) in [5.74, 6) is -0.850. The Morgan fingerprint density at radius 2 is 1.71 bits per heavy atom. The van der Waals surface area contributed by atoms with E-state index >= 15 is 0 Å². The van der Waals surface area contributed by atoms with Crippen molar-refractivity contribution in [2.45, 2.75) is 32.8 Å². The van der Waals surface area contributed by atoms with Gasteiger partial charge in [0.2, 0.25) is 5.91 Å². The molecular formula is C21H24N2O5. The largest absolute Gasteiger partial charge is 0.491 e. The molecule has 0 fully saturated rings. The zero-order valence-electron chi connectivity index (χ0n) is 15.9. The van der Waals surface area contributed by atoms with E-state index in [0.29, 0.717) is 17.0 Å². The van der Waals surface area contributed by atoms with E-state index in [-0.39, 0.29) is 37.3 Å². The van der Waals surface area contributed by atoms with E-state index in [2.05, 4.69) is 10.6 Å². The van der Waals surface area contributed by atoms with Gasteiger partial charge in [-0.3, -0.25) is 14.4 Å². The second-order valence-corrected chi connectivity index (χ2v) is 6.48. The molecule has 0 spiro atoms. The number of para-hydroxylation sites is 1. The maximum Gasteiger partial charge on any atom is 0.305 e. The summed E-state index contributed by atoms with van der Waals surface area (Å²) in [7, 11) is 0. The van der Waals surface area contributed by atoms with Gasteiger partial charge in [0.15, 0.2) is 0 Å². The first-order valence-corrected chi connectivity index (χ1v) is 8.99. The van der Waals surface area contributed by atoms with E-state index in [9.17, 15) is 14.4 Å². The van der Waals surface area contributed by atoms with Crippen molar-refractivity contribution < 1.29 is 24.2 Å². The SMILES string of the molecule is CC(C)Oc1ccccc1CC(=O)Nc1ccc(C(=O)NCCC(=O)O)cc1. The van der Waals surface area contributed by atoms with Crippen LogP contribution in [0.15, 0.2) is 48.5 Å². The van der Waals surface area contributed by atoms with Crippen molar-refractivity contribution in [2.24, 2.45) is 0 Å². The Hall–Kier alpha value is -3.35. The van der Waals surface area contributed by atoms with Crippen LogP contribution in [0.2, 0.25) is 0 Å². The highest BCUT2D eigenvalue weighted by Gasteiger charge is 2.11. The second-order valence-electron chi connectivity index (χ2n) is 6.48. The molecule has 0 radical (unpaired) electrons. The van der Waals surface area contributed by atoms with Crippen molar-refractivity contribution in [1.82, 2.24) is 5.32 Å². The molecule has 2 amide bonds. The van der Waals surface area contributed by atoms with Gasteiger partial charge in [0.1, 0.15) is 5.75 Å². The number of hydrogen-bond donors (Lipinski definition) is 3. The fourth-order valence-corrected chi connectivity index (χ4v) is 2.49. The van der Waals surface area contributed by atoms with Crippen molar-refractivity contribution in [3.8, 4) is 5.75 Å². The summed E-state index contributed by atoms with van der Waals surface area (Å²) >= 11 is 0. The average Bonchev–Trinajstić information content (AvgIpc) is 2.63. The molecule has 0 atom stereocenters. The first kappa shape index (κ1) is 21.0. The summed E-state index contributed by atoms with van der Waals surface area (Å²) in [6.07, 6.45) is 0.0424. The molecule has 0 aliphatic heterocycles. The van der Waals surface area contributed by atoms with Crippen LogP contribution in [-0.2, 0) is 16.0 Å². The molecule has 2 aromatic rings. The zero-order valence-corrected chi connectivity index (χ0v) is 15.9. The van der Waals surface area contributed by atoms with Crippen molar-refractivity contribution in [3.63, 3.8) is 0 Å². The number of hydrogen-bond acceptors (Lipinski definition) is 4. The Morgan fingerprint density at radius 3 is 2.36 bits per heavy atom. The monoisotopic (exact) mass is 384 g/mol. The normalized spacial score (nSPS) is 10.4. The Bertz CT molecular complexity index is 831. The smallest absolute Gasteiger partial charge is 0.305 e. The van der Waals surface area contributed by atoms with Gasteiger partial charge in [-0.15, -0.1) is 0 Å². The van der Waals surface area contributed by atoms with Crippen LogP contribution in [-0.4, -0.2) is 35.5 Å². The number of carbonyl (C=O) groups excluding carboxylic acids is 2. The minimum absolute atomic E-state index is 0.0124. The molecule has 3 N–H and O–H groups in total. The highest BCUT2D eigenvalue weighted by molar-refractivity contribution is 5.96. The number of aliphatic carboxylic acids is 1. The molecule has 0 unspecified atom stereocenters. The lowest BCUT2D eigenvalue weighted by molar-refractivity contribution is -0.136. The van der Waals surface area contributed by atoms with Crippen LogP contribution in [0.3, 0.4) is 0 Å². The topological polar surface area (TPSA) is 105 Å². The van der Waals surface area contributed by atoms with E-state index in [1.54, 1.807) is 24.3 Å². The van der Waals surface area contributed by atoms with E-state index in [1.807, 2.05) is 38.1 Å². The Labute approximate surface area is 163 Å². The first-order valence-electron chi connectivity index (χ1n) is 8.99. The van der Waals surface area contributed by atoms with Gasteiger partial charge < -0.3 is 20.5 Å². The van der Waals surface area contributed by atoms with E-state index in [1.165, 1.54) is 0 Å². The lowest BCUT2D eigenvalue weighted by Crippen LogP contribution is -2.26. The Morgan fingerprint density at radius 1 is 1.04 bits per heavy atom. The van der Waals surface area contributed by atoms with Gasteiger partial charge in [0, 0.05) is 23.4 Å². The number of carboxylic acids is 1. The predicted octanol–water partition coefficient (Wildman–Crippen LogP) is 2.86. The number of benzene rings is 2. The van der Waals surface area contributed by atoms with Crippen molar-refractivity contribution >= 4 is 23.5 Å². The summed E-state index contributed by atoms with van der Waals surface area (Å²) < 4.78 is 5.72. The van der Waals surface area contributed by atoms with Gasteiger partial charge in [0.05, 0.1) is 18.9 Å². The maximum atomic E-state index is 12.3. The van der Waals surface area contributed by atoms with Crippen LogP contribution in [0.25, 0.3) is 0 Å². The van der Waals surface area contributed by atoms with Crippen LogP contribution >= 0.6 is 0 Å². The molecule has 0 heterocycles. The lowest BCUT2D eigenvalue weighted by atomic mass is 10.1. The maximum absolute atomic E-state index is 12.3. The summed E-state index contributed by atoms with van der Waals surface area (Å²) in [5.41, 5.74) is 1.75. The van der Waals surface area contributed by atoms with Gasteiger partial charge in [-0.05, 0) is 44.2 Å². The molecule has 7 nitrogen and oxygen atoms in total. The van der Waals surface area contributed by atoms with Crippen LogP contribution in [0, 0.1) is 0 Å². The third-order valence-corrected chi connectivity index (χ3v) is 3.74. The molecule has 0 aliphatic rings. The molecule has 0 saturated heterocycles. The third kappa shape index (κ3) is 6.75. The van der Waals surface area contributed by atoms with Gasteiger partial charge in [-0.25, -0.2) is 0 Å². The van der Waals surface area contributed by atoms with Crippen molar-refractivity contribution in [1.29, 1.82) is 0 Å². The van der Waals surface area contributed by atoms with Crippen LogP contribution in [0.1, 0.15) is 36.2 Å². The number of anilines is 1. The minimum Gasteiger partial charge on any atom is -0.491 e. The summed E-state index contributed by atoms with van der Waals surface area (Å²) in [4.78, 5) is 34.7. The van der Waals surface area contributed by atoms with Gasteiger partial charge in [-0.2, -0.15) is 0 Å². The lowest BCUT2D eigenvalue weighted by Gasteiger charge is -2.14. The fourth-order valence-electron chi connectivity index (χ4n) is 2.49. The minimum atomic E-state index is -0.973. The van der Waals surface area contributed by atoms with E-state index in [0.717, 1.165) is 5.56 Å². The molecular weight excluding hydrogens is 360 g/mol. The first-order chi connectivity index (χ1) is 13.3. The molecule has 0 aromatic heterocycles.